The first-order chi connectivity index (χ1) is 9.33. The molecule has 0 aromatic heterocycles. The van der Waals surface area contributed by atoms with E-state index in [1.165, 1.54) is 12.0 Å². The van der Waals surface area contributed by atoms with Crippen LogP contribution < -0.4 is 5.73 Å². The van der Waals surface area contributed by atoms with E-state index in [2.05, 4.69) is 40.2 Å². The fourth-order valence-corrected chi connectivity index (χ4v) is 2.57. The van der Waals surface area contributed by atoms with Crippen LogP contribution in [0, 0.1) is 5.92 Å². The van der Waals surface area contributed by atoms with Gasteiger partial charge in [0.05, 0.1) is 19.3 Å². The number of guanidine groups is 1. The average Bonchev–Trinajstić information content (AvgIpc) is 3.18. The summed E-state index contributed by atoms with van der Waals surface area (Å²) in [4.78, 5) is 6.78. The second kappa shape index (κ2) is 7.26. The zero-order valence-corrected chi connectivity index (χ0v) is 13.9. The standard InChI is InChI=1S/C15H21N3O.HI/c16-15(18-6-8-19-9-7-18)17-14-11-13(14)10-12-4-2-1-3-5-12;/h1-5,13-14H,6-11H2,(H2,16,17);1H. The highest BCUT2D eigenvalue weighted by Crippen LogP contribution is 2.36. The van der Waals surface area contributed by atoms with E-state index in [9.17, 15) is 0 Å². The fourth-order valence-electron chi connectivity index (χ4n) is 2.57. The maximum atomic E-state index is 6.07. The summed E-state index contributed by atoms with van der Waals surface area (Å²) in [5.41, 5.74) is 7.46. The zero-order chi connectivity index (χ0) is 13.1. The Hall–Kier alpha value is -0.820. The molecule has 2 N–H and O–H groups in total. The number of rotatable bonds is 3. The normalized spacial score (nSPS) is 26.0. The first-order valence-electron chi connectivity index (χ1n) is 7.03. The molecule has 1 aliphatic heterocycles. The fraction of sp³-hybridized carbons (Fsp3) is 0.533. The van der Waals surface area contributed by atoms with E-state index in [1.54, 1.807) is 0 Å². The molecule has 2 atom stereocenters. The number of hydrogen-bond acceptors (Lipinski definition) is 2. The lowest BCUT2D eigenvalue weighted by Gasteiger charge is -2.27. The summed E-state index contributed by atoms with van der Waals surface area (Å²) in [5, 5.41) is 0. The molecule has 1 saturated heterocycles. The third-order valence-electron chi connectivity index (χ3n) is 3.86. The number of ether oxygens (including phenoxy) is 1. The second-order valence-electron chi connectivity index (χ2n) is 5.34. The van der Waals surface area contributed by atoms with Crippen LogP contribution in [0.3, 0.4) is 0 Å². The van der Waals surface area contributed by atoms with Crippen LogP contribution in [0.4, 0.5) is 0 Å². The van der Waals surface area contributed by atoms with Gasteiger partial charge in [-0.3, -0.25) is 0 Å². The highest BCUT2D eigenvalue weighted by atomic mass is 127. The van der Waals surface area contributed by atoms with Crippen molar-refractivity contribution in [2.45, 2.75) is 18.9 Å². The van der Waals surface area contributed by atoms with Crippen molar-refractivity contribution in [2.24, 2.45) is 16.6 Å². The molecule has 110 valence electrons. The van der Waals surface area contributed by atoms with E-state index in [0.29, 0.717) is 17.9 Å². The van der Waals surface area contributed by atoms with E-state index in [-0.39, 0.29) is 24.0 Å². The smallest absolute Gasteiger partial charge is 0.191 e. The van der Waals surface area contributed by atoms with Crippen LogP contribution in [0.2, 0.25) is 0 Å². The molecule has 1 saturated carbocycles. The molecular formula is C15H22IN3O. The van der Waals surface area contributed by atoms with Crippen molar-refractivity contribution in [3.63, 3.8) is 0 Å². The largest absolute Gasteiger partial charge is 0.378 e. The molecule has 1 aliphatic carbocycles. The molecule has 20 heavy (non-hydrogen) atoms. The minimum atomic E-state index is 0. The van der Waals surface area contributed by atoms with Gasteiger partial charge in [0, 0.05) is 13.1 Å². The average molecular weight is 387 g/mol. The van der Waals surface area contributed by atoms with Crippen molar-refractivity contribution in [1.82, 2.24) is 4.90 Å². The molecule has 4 nitrogen and oxygen atoms in total. The Kier molecular flexibility index (Phi) is 5.65. The zero-order valence-electron chi connectivity index (χ0n) is 11.6. The Bertz CT molecular complexity index is 446. The molecule has 3 rings (SSSR count). The Morgan fingerprint density at radius 2 is 1.95 bits per heavy atom. The first-order valence-corrected chi connectivity index (χ1v) is 7.03. The van der Waals surface area contributed by atoms with Crippen LogP contribution in [0.5, 0.6) is 0 Å². The molecule has 1 aromatic rings. The number of nitrogens with zero attached hydrogens (tertiary/aromatic N) is 2. The summed E-state index contributed by atoms with van der Waals surface area (Å²) >= 11 is 0. The molecule has 0 bridgehead atoms. The molecule has 2 aliphatic rings. The minimum Gasteiger partial charge on any atom is -0.378 e. The van der Waals surface area contributed by atoms with E-state index in [1.807, 2.05) is 0 Å². The van der Waals surface area contributed by atoms with Gasteiger partial charge in [0.1, 0.15) is 0 Å². The summed E-state index contributed by atoms with van der Waals surface area (Å²) in [6.45, 7) is 3.25. The number of nitrogens with two attached hydrogens (primary N) is 1. The number of benzene rings is 1. The van der Waals surface area contributed by atoms with Crippen LogP contribution in [0.1, 0.15) is 12.0 Å². The SMILES string of the molecule is I.NC(=NC1CC1Cc1ccccc1)N1CCOCC1. The van der Waals surface area contributed by atoms with Crippen molar-refractivity contribution < 1.29 is 4.74 Å². The summed E-state index contributed by atoms with van der Waals surface area (Å²) < 4.78 is 5.32. The van der Waals surface area contributed by atoms with E-state index >= 15 is 0 Å². The molecule has 5 heteroatoms. The van der Waals surface area contributed by atoms with Gasteiger partial charge in [0.15, 0.2) is 5.96 Å². The van der Waals surface area contributed by atoms with Crippen molar-refractivity contribution in [3.8, 4) is 0 Å². The molecule has 0 amide bonds. The maximum Gasteiger partial charge on any atom is 0.191 e. The topological polar surface area (TPSA) is 50.8 Å². The molecular weight excluding hydrogens is 365 g/mol. The van der Waals surface area contributed by atoms with Gasteiger partial charge in [-0.25, -0.2) is 4.99 Å². The van der Waals surface area contributed by atoms with Crippen LogP contribution in [0.25, 0.3) is 0 Å². The highest BCUT2D eigenvalue weighted by molar-refractivity contribution is 14.0. The van der Waals surface area contributed by atoms with Gasteiger partial charge in [-0.2, -0.15) is 0 Å². The number of morpholine rings is 1. The Morgan fingerprint density at radius 1 is 1.25 bits per heavy atom. The Balaban J connectivity index is 0.00000147. The van der Waals surface area contributed by atoms with E-state index in [4.69, 9.17) is 10.5 Å². The van der Waals surface area contributed by atoms with Crippen LogP contribution in [-0.2, 0) is 11.2 Å². The highest BCUT2D eigenvalue weighted by Gasteiger charge is 2.37. The van der Waals surface area contributed by atoms with Crippen LogP contribution in [-0.4, -0.2) is 43.2 Å². The van der Waals surface area contributed by atoms with Gasteiger partial charge in [0.2, 0.25) is 0 Å². The third kappa shape index (κ3) is 4.09. The first kappa shape index (κ1) is 15.6. The van der Waals surface area contributed by atoms with Gasteiger partial charge in [0.25, 0.3) is 0 Å². The van der Waals surface area contributed by atoms with E-state index in [0.717, 1.165) is 32.7 Å². The number of hydrogen-bond donors (Lipinski definition) is 1. The van der Waals surface area contributed by atoms with Gasteiger partial charge >= 0.3 is 0 Å². The summed E-state index contributed by atoms with van der Waals surface area (Å²) in [7, 11) is 0. The Morgan fingerprint density at radius 3 is 2.65 bits per heavy atom. The Labute approximate surface area is 137 Å². The van der Waals surface area contributed by atoms with E-state index < -0.39 is 0 Å². The van der Waals surface area contributed by atoms with Gasteiger partial charge in [-0.1, -0.05) is 30.3 Å². The van der Waals surface area contributed by atoms with Crippen molar-refractivity contribution in [1.29, 1.82) is 0 Å². The van der Waals surface area contributed by atoms with Crippen molar-refractivity contribution in [3.05, 3.63) is 35.9 Å². The molecule has 1 aromatic carbocycles. The quantitative estimate of drug-likeness (QED) is 0.490. The molecule has 2 unspecified atom stereocenters. The molecule has 0 radical (unpaired) electrons. The summed E-state index contributed by atoms with van der Waals surface area (Å²) in [6, 6.07) is 11.0. The lowest BCUT2D eigenvalue weighted by molar-refractivity contribution is 0.0674. The van der Waals surface area contributed by atoms with Gasteiger partial charge in [-0.05, 0) is 24.3 Å². The number of aliphatic imine (C=N–C) groups is 1. The lowest BCUT2D eigenvalue weighted by Crippen LogP contribution is -2.45. The van der Waals surface area contributed by atoms with Crippen LogP contribution >= 0.6 is 24.0 Å². The maximum absolute atomic E-state index is 6.07. The van der Waals surface area contributed by atoms with Gasteiger partial charge < -0.3 is 15.4 Å². The van der Waals surface area contributed by atoms with Gasteiger partial charge in [-0.15, -0.1) is 24.0 Å². The molecule has 0 spiro atoms. The molecule has 2 fully saturated rings. The van der Waals surface area contributed by atoms with Crippen LogP contribution in [0.15, 0.2) is 35.3 Å². The molecule has 1 heterocycles. The predicted octanol–water partition coefficient (Wildman–Crippen LogP) is 1.88. The predicted molar refractivity (Wildman–Crippen MR) is 91.5 cm³/mol. The third-order valence-corrected chi connectivity index (χ3v) is 3.86. The summed E-state index contributed by atoms with van der Waals surface area (Å²) in [5.74, 6) is 1.37. The van der Waals surface area contributed by atoms with Crippen molar-refractivity contribution >= 4 is 29.9 Å². The minimum absolute atomic E-state index is 0. The number of halogens is 1. The summed E-state index contributed by atoms with van der Waals surface area (Å²) in [6.07, 6.45) is 2.28. The lowest BCUT2D eigenvalue weighted by atomic mass is 10.1. The van der Waals surface area contributed by atoms with Crippen molar-refractivity contribution in [2.75, 3.05) is 26.3 Å². The monoisotopic (exact) mass is 387 g/mol. The second-order valence-corrected chi connectivity index (χ2v) is 5.34.